The van der Waals surface area contributed by atoms with Gasteiger partial charge < -0.3 is 15.7 Å². The maximum atomic E-state index is 11.8. The van der Waals surface area contributed by atoms with Crippen LogP contribution in [0.1, 0.15) is 30.6 Å². The zero-order chi connectivity index (χ0) is 14.9. The summed E-state index contributed by atoms with van der Waals surface area (Å²) in [5.41, 5.74) is 0.649. The van der Waals surface area contributed by atoms with Crippen LogP contribution in [0.4, 0.5) is 5.69 Å². The lowest BCUT2D eigenvalue weighted by Gasteiger charge is -2.10. The van der Waals surface area contributed by atoms with Gasteiger partial charge in [0.15, 0.2) is 0 Å². The van der Waals surface area contributed by atoms with Gasteiger partial charge in [-0.15, -0.1) is 0 Å². The average molecular weight is 297 g/mol. The Balaban J connectivity index is 1.93. The SMILES string of the molecule is CC1(C)CC1NCC(=O)Nc1cc(C(=O)O)ccc1Cl. The van der Waals surface area contributed by atoms with Crippen LogP contribution >= 0.6 is 11.6 Å². The van der Waals surface area contributed by atoms with E-state index in [0.29, 0.717) is 16.8 Å². The molecule has 0 saturated heterocycles. The molecule has 1 aliphatic carbocycles. The van der Waals surface area contributed by atoms with Crippen molar-refractivity contribution in [3.8, 4) is 0 Å². The van der Waals surface area contributed by atoms with E-state index in [1.165, 1.54) is 18.2 Å². The fourth-order valence-corrected chi connectivity index (χ4v) is 2.14. The quantitative estimate of drug-likeness (QED) is 0.779. The highest BCUT2D eigenvalue weighted by Gasteiger charge is 2.45. The molecule has 0 aliphatic heterocycles. The molecule has 0 spiro atoms. The molecule has 108 valence electrons. The zero-order valence-corrected chi connectivity index (χ0v) is 12.1. The summed E-state index contributed by atoms with van der Waals surface area (Å²) in [6.07, 6.45) is 1.05. The molecule has 0 aromatic heterocycles. The van der Waals surface area contributed by atoms with Crippen LogP contribution in [0.25, 0.3) is 0 Å². The Morgan fingerprint density at radius 3 is 2.65 bits per heavy atom. The van der Waals surface area contributed by atoms with Gasteiger partial charge in [-0.1, -0.05) is 25.4 Å². The molecule has 1 fully saturated rings. The largest absolute Gasteiger partial charge is 0.478 e. The predicted octanol–water partition coefficient (Wildman–Crippen LogP) is 2.36. The first-order valence-electron chi connectivity index (χ1n) is 6.36. The number of carbonyl (C=O) groups is 2. The third-order valence-electron chi connectivity index (χ3n) is 3.51. The van der Waals surface area contributed by atoms with Crippen LogP contribution in [0.15, 0.2) is 18.2 Å². The molecule has 0 bridgehead atoms. The number of nitrogens with one attached hydrogen (secondary N) is 2. The summed E-state index contributed by atoms with van der Waals surface area (Å²) >= 11 is 5.94. The number of carboxylic acid groups (broad SMARTS) is 1. The van der Waals surface area contributed by atoms with Gasteiger partial charge in [0.2, 0.25) is 5.91 Å². The first-order chi connectivity index (χ1) is 9.29. The number of carbonyl (C=O) groups excluding carboxylic acids is 1. The number of carboxylic acids is 1. The molecule has 1 aromatic rings. The third kappa shape index (κ3) is 3.49. The molecular formula is C14H17ClN2O3. The maximum absolute atomic E-state index is 11.8. The van der Waals surface area contributed by atoms with Crippen LogP contribution in [0.5, 0.6) is 0 Å². The molecule has 5 nitrogen and oxygen atoms in total. The minimum Gasteiger partial charge on any atom is -0.478 e. The van der Waals surface area contributed by atoms with Crippen LogP contribution in [0.3, 0.4) is 0 Å². The number of halogens is 1. The van der Waals surface area contributed by atoms with E-state index in [0.717, 1.165) is 6.42 Å². The molecule has 3 N–H and O–H groups in total. The molecule has 0 radical (unpaired) electrons. The summed E-state index contributed by atoms with van der Waals surface area (Å²) in [6, 6.07) is 4.56. The summed E-state index contributed by atoms with van der Waals surface area (Å²) in [6.45, 7) is 4.45. The number of benzene rings is 1. The van der Waals surface area contributed by atoms with E-state index >= 15 is 0 Å². The number of hydrogen-bond donors (Lipinski definition) is 3. The highest BCUT2D eigenvalue weighted by Crippen LogP contribution is 2.44. The minimum atomic E-state index is -1.06. The third-order valence-corrected chi connectivity index (χ3v) is 3.84. The van der Waals surface area contributed by atoms with Crippen molar-refractivity contribution in [3.05, 3.63) is 28.8 Å². The second-order valence-corrected chi connectivity index (χ2v) is 6.08. The summed E-state index contributed by atoms with van der Waals surface area (Å²) in [7, 11) is 0. The van der Waals surface area contributed by atoms with E-state index < -0.39 is 5.97 Å². The van der Waals surface area contributed by atoms with Crippen molar-refractivity contribution in [1.29, 1.82) is 0 Å². The monoisotopic (exact) mass is 296 g/mol. The van der Waals surface area contributed by atoms with Crippen molar-refractivity contribution < 1.29 is 14.7 Å². The van der Waals surface area contributed by atoms with E-state index in [2.05, 4.69) is 24.5 Å². The van der Waals surface area contributed by atoms with Crippen molar-refractivity contribution in [3.63, 3.8) is 0 Å². The fourth-order valence-electron chi connectivity index (χ4n) is 1.98. The van der Waals surface area contributed by atoms with Crippen molar-refractivity contribution in [2.75, 3.05) is 11.9 Å². The van der Waals surface area contributed by atoms with Crippen LogP contribution in [0, 0.1) is 5.41 Å². The smallest absolute Gasteiger partial charge is 0.335 e. The number of amides is 1. The molecule has 2 rings (SSSR count). The summed E-state index contributed by atoms with van der Waals surface area (Å²) in [4.78, 5) is 22.7. The van der Waals surface area contributed by atoms with Crippen molar-refractivity contribution >= 4 is 29.2 Å². The molecule has 1 aliphatic rings. The van der Waals surface area contributed by atoms with Gasteiger partial charge in [0.25, 0.3) is 0 Å². The Morgan fingerprint density at radius 1 is 1.45 bits per heavy atom. The zero-order valence-electron chi connectivity index (χ0n) is 11.4. The van der Waals surface area contributed by atoms with E-state index in [9.17, 15) is 9.59 Å². The lowest BCUT2D eigenvalue weighted by molar-refractivity contribution is -0.115. The van der Waals surface area contributed by atoms with Crippen LogP contribution < -0.4 is 10.6 Å². The molecule has 1 atom stereocenters. The Labute approximate surface area is 122 Å². The standard InChI is InChI=1S/C14H17ClN2O3/c1-14(2)6-11(14)16-7-12(18)17-10-5-8(13(19)20)3-4-9(10)15/h3-5,11,16H,6-7H2,1-2H3,(H,17,18)(H,19,20). The summed E-state index contributed by atoms with van der Waals surface area (Å²) in [5.74, 6) is -1.30. The highest BCUT2D eigenvalue weighted by molar-refractivity contribution is 6.33. The van der Waals surface area contributed by atoms with E-state index in [4.69, 9.17) is 16.7 Å². The van der Waals surface area contributed by atoms with Gasteiger partial charge in [-0.05, 0) is 30.0 Å². The maximum Gasteiger partial charge on any atom is 0.335 e. The second-order valence-electron chi connectivity index (χ2n) is 5.67. The first kappa shape index (κ1) is 14.8. The Hall–Kier alpha value is -1.59. The van der Waals surface area contributed by atoms with Gasteiger partial charge in [-0.25, -0.2) is 4.79 Å². The van der Waals surface area contributed by atoms with Crippen molar-refractivity contribution in [1.82, 2.24) is 5.32 Å². The molecule has 6 heteroatoms. The van der Waals surface area contributed by atoms with Gasteiger partial charge >= 0.3 is 5.97 Å². The first-order valence-corrected chi connectivity index (χ1v) is 6.73. The topological polar surface area (TPSA) is 78.4 Å². The predicted molar refractivity (Wildman–Crippen MR) is 77.2 cm³/mol. The van der Waals surface area contributed by atoms with E-state index in [-0.39, 0.29) is 23.4 Å². The molecule has 20 heavy (non-hydrogen) atoms. The van der Waals surface area contributed by atoms with Gasteiger partial charge in [0.1, 0.15) is 0 Å². The Kier molecular flexibility index (Phi) is 4.01. The lowest BCUT2D eigenvalue weighted by atomic mass is 10.2. The number of rotatable bonds is 5. The second kappa shape index (κ2) is 5.42. The van der Waals surface area contributed by atoms with Gasteiger partial charge in [-0.2, -0.15) is 0 Å². The number of aromatic carboxylic acids is 1. The summed E-state index contributed by atoms with van der Waals surface area (Å²) in [5, 5.41) is 15.0. The van der Waals surface area contributed by atoms with Gasteiger partial charge in [0, 0.05) is 6.04 Å². The van der Waals surface area contributed by atoms with Crippen molar-refractivity contribution in [2.24, 2.45) is 5.41 Å². The normalized spacial score (nSPS) is 19.4. The molecule has 1 unspecified atom stereocenters. The van der Waals surface area contributed by atoms with Crippen LogP contribution in [-0.2, 0) is 4.79 Å². The van der Waals surface area contributed by atoms with Crippen molar-refractivity contribution in [2.45, 2.75) is 26.3 Å². The van der Waals surface area contributed by atoms with E-state index in [1.54, 1.807) is 0 Å². The van der Waals surface area contributed by atoms with Gasteiger partial charge in [-0.3, -0.25) is 4.79 Å². The number of anilines is 1. The lowest BCUT2D eigenvalue weighted by Crippen LogP contribution is -2.31. The van der Waals surface area contributed by atoms with Gasteiger partial charge in [0.05, 0.1) is 22.8 Å². The fraction of sp³-hybridized carbons (Fsp3) is 0.429. The Bertz CT molecular complexity index is 557. The Morgan fingerprint density at radius 2 is 2.10 bits per heavy atom. The van der Waals surface area contributed by atoms with E-state index in [1.807, 2.05) is 0 Å². The molecular weight excluding hydrogens is 280 g/mol. The average Bonchev–Trinajstić information content (AvgIpc) is 2.97. The molecule has 1 amide bonds. The van der Waals surface area contributed by atoms with Crippen LogP contribution in [-0.4, -0.2) is 29.6 Å². The molecule has 1 saturated carbocycles. The van der Waals surface area contributed by atoms with Crippen LogP contribution in [0.2, 0.25) is 5.02 Å². The summed E-state index contributed by atoms with van der Waals surface area (Å²) < 4.78 is 0. The molecule has 0 heterocycles. The minimum absolute atomic E-state index is 0.0842. The molecule has 1 aromatic carbocycles. The number of hydrogen-bond acceptors (Lipinski definition) is 3. The highest BCUT2D eigenvalue weighted by atomic mass is 35.5.